The van der Waals surface area contributed by atoms with Crippen molar-refractivity contribution in [2.24, 2.45) is 5.73 Å². The molecule has 0 amide bonds. The normalized spacial score (nSPS) is 12.2. The first-order valence-corrected chi connectivity index (χ1v) is 6.87. The summed E-state index contributed by atoms with van der Waals surface area (Å²) in [4.78, 5) is 11.5. The van der Waals surface area contributed by atoms with Crippen molar-refractivity contribution in [3.63, 3.8) is 0 Å². The predicted molar refractivity (Wildman–Crippen MR) is 67.4 cm³/mol. The van der Waals surface area contributed by atoms with Gasteiger partial charge < -0.3 is 10.5 Å². The minimum atomic E-state index is -3.62. The average Bonchev–Trinajstić information content (AvgIpc) is 2.36. The summed E-state index contributed by atoms with van der Waals surface area (Å²) in [6.45, 7) is 1.65. The zero-order valence-corrected chi connectivity index (χ0v) is 10.8. The van der Waals surface area contributed by atoms with Gasteiger partial charge in [0.1, 0.15) is 6.61 Å². The molecule has 0 saturated heterocycles. The molecule has 1 aromatic carbocycles. The van der Waals surface area contributed by atoms with Crippen molar-refractivity contribution in [1.82, 2.24) is 0 Å². The molecule has 0 fully saturated rings. The number of hydrogen-bond donors (Lipinski definition) is 1. The Kier molecular flexibility index (Phi) is 5.06. The van der Waals surface area contributed by atoms with Crippen molar-refractivity contribution in [3.05, 3.63) is 41.3 Å². The van der Waals surface area contributed by atoms with Crippen molar-refractivity contribution in [1.29, 1.82) is 0 Å². The molecule has 0 heterocycles. The molecular formula is C12H15NO4S. The third-order valence-electron chi connectivity index (χ3n) is 2.08. The van der Waals surface area contributed by atoms with E-state index in [1.807, 2.05) is 0 Å². The molecule has 0 unspecified atom stereocenters. The monoisotopic (exact) mass is 269 g/mol. The number of carbonyl (C=O) groups excluding carboxylic acids is 1. The van der Waals surface area contributed by atoms with E-state index in [4.69, 9.17) is 10.5 Å². The van der Waals surface area contributed by atoms with Crippen LogP contribution in [0.3, 0.4) is 0 Å². The highest BCUT2D eigenvalue weighted by atomic mass is 32.2. The summed E-state index contributed by atoms with van der Waals surface area (Å²) in [6.07, 6.45) is 0. The quantitative estimate of drug-likeness (QED) is 0.633. The molecule has 1 aromatic rings. The molecule has 0 aliphatic heterocycles. The minimum absolute atomic E-state index is 0.0207. The molecule has 5 nitrogen and oxygen atoms in total. The minimum Gasteiger partial charge on any atom is -0.461 e. The molecular weight excluding hydrogens is 254 g/mol. The Labute approximate surface area is 106 Å². The number of nitrogens with two attached hydrogens (primary N) is 1. The molecule has 0 radical (unpaired) electrons. The van der Waals surface area contributed by atoms with Crippen molar-refractivity contribution in [2.45, 2.75) is 11.8 Å². The van der Waals surface area contributed by atoms with Gasteiger partial charge in [-0.05, 0) is 19.1 Å². The van der Waals surface area contributed by atoms with Crippen LogP contribution in [0.4, 0.5) is 0 Å². The van der Waals surface area contributed by atoms with Crippen LogP contribution in [0.2, 0.25) is 0 Å². The van der Waals surface area contributed by atoms with Crippen LogP contribution in [0.15, 0.2) is 46.2 Å². The van der Waals surface area contributed by atoms with Gasteiger partial charge in [0, 0.05) is 17.5 Å². The van der Waals surface area contributed by atoms with E-state index >= 15 is 0 Å². The van der Waals surface area contributed by atoms with E-state index in [1.54, 1.807) is 18.2 Å². The largest absolute Gasteiger partial charge is 0.461 e. The molecule has 0 aromatic heterocycles. The SMILES string of the molecule is CC(=CS(=O)(=O)c1ccccc1)C(=O)OCCN. The highest BCUT2D eigenvalue weighted by Crippen LogP contribution is 2.13. The van der Waals surface area contributed by atoms with Crippen molar-refractivity contribution in [3.8, 4) is 0 Å². The second kappa shape index (κ2) is 6.32. The number of sulfone groups is 1. The molecule has 18 heavy (non-hydrogen) atoms. The van der Waals surface area contributed by atoms with Gasteiger partial charge >= 0.3 is 5.97 Å². The number of rotatable bonds is 5. The van der Waals surface area contributed by atoms with Gasteiger partial charge in [0.05, 0.1) is 4.90 Å². The number of hydrogen-bond acceptors (Lipinski definition) is 5. The van der Waals surface area contributed by atoms with Crippen LogP contribution >= 0.6 is 0 Å². The van der Waals surface area contributed by atoms with Gasteiger partial charge in [0.2, 0.25) is 0 Å². The average molecular weight is 269 g/mol. The lowest BCUT2D eigenvalue weighted by Crippen LogP contribution is -2.14. The van der Waals surface area contributed by atoms with E-state index in [-0.39, 0.29) is 23.6 Å². The molecule has 0 saturated carbocycles. The van der Waals surface area contributed by atoms with Crippen LogP contribution < -0.4 is 5.73 Å². The van der Waals surface area contributed by atoms with Crippen molar-refractivity contribution >= 4 is 15.8 Å². The van der Waals surface area contributed by atoms with Gasteiger partial charge in [-0.25, -0.2) is 13.2 Å². The molecule has 0 aliphatic carbocycles. The summed E-state index contributed by atoms with van der Waals surface area (Å²) in [5.74, 6) is -0.681. The number of ether oxygens (including phenoxy) is 1. The Balaban J connectivity index is 2.91. The van der Waals surface area contributed by atoms with Crippen molar-refractivity contribution in [2.75, 3.05) is 13.2 Å². The molecule has 0 aliphatic rings. The van der Waals surface area contributed by atoms with Gasteiger partial charge in [-0.3, -0.25) is 0 Å². The predicted octanol–water partition coefficient (Wildman–Crippen LogP) is 0.866. The highest BCUT2D eigenvalue weighted by Gasteiger charge is 2.14. The van der Waals surface area contributed by atoms with E-state index in [1.165, 1.54) is 19.1 Å². The molecule has 0 spiro atoms. The van der Waals surface area contributed by atoms with Crippen LogP contribution in [0, 0.1) is 0 Å². The van der Waals surface area contributed by atoms with Crippen LogP contribution in [0.25, 0.3) is 0 Å². The fraction of sp³-hybridized carbons (Fsp3) is 0.250. The van der Waals surface area contributed by atoms with E-state index in [0.717, 1.165) is 5.41 Å². The van der Waals surface area contributed by atoms with E-state index < -0.39 is 15.8 Å². The van der Waals surface area contributed by atoms with Crippen LogP contribution in [0.1, 0.15) is 6.92 Å². The first kappa shape index (κ1) is 14.4. The standard InChI is InChI=1S/C12H15NO4S/c1-10(12(14)17-8-7-13)9-18(15,16)11-5-3-2-4-6-11/h2-6,9H,7-8,13H2,1H3. The molecule has 6 heteroatoms. The summed E-state index contributed by atoms with van der Waals surface area (Å²) >= 11 is 0. The maximum atomic E-state index is 11.9. The van der Waals surface area contributed by atoms with Gasteiger partial charge in [-0.15, -0.1) is 0 Å². The van der Waals surface area contributed by atoms with Crippen molar-refractivity contribution < 1.29 is 17.9 Å². The first-order valence-electron chi connectivity index (χ1n) is 5.33. The summed E-state index contributed by atoms with van der Waals surface area (Å²) < 4.78 is 28.6. The third-order valence-corrected chi connectivity index (χ3v) is 3.67. The number of carbonyl (C=O) groups is 1. The number of benzene rings is 1. The van der Waals surface area contributed by atoms with Crippen LogP contribution in [-0.2, 0) is 19.4 Å². The second-order valence-electron chi connectivity index (χ2n) is 3.58. The second-order valence-corrected chi connectivity index (χ2v) is 5.38. The van der Waals surface area contributed by atoms with Crippen LogP contribution in [0.5, 0.6) is 0 Å². The Morgan fingerprint density at radius 2 is 1.94 bits per heavy atom. The van der Waals surface area contributed by atoms with Gasteiger partial charge in [0.25, 0.3) is 0 Å². The van der Waals surface area contributed by atoms with E-state index in [0.29, 0.717) is 0 Å². The lowest BCUT2D eigenvalue weighted by molar-refractivity contribution is -0.138. The van der Waals surface area contributed by atoms with Gasteiger partial charge in [-0.1, -0.05) is 18.2 Å². The maximum absolute atomic E-state index is 11.9. The van der Waals surface area contributed by atoms with E-state index in [2.05, 4.69) is 0 Å². The molecule has 1 rings (SSSR count). The Hall–Kier alpha value is -1.66. The fourth-order valence-electron chi connectivity index (χ4n) is 1.22. The summed E-state index contributed by atoms with van der Waals surface area (Å²) in [5.41, 5.74) is 5.20. The Morgan fingerprint density at radius 1 is 1.33 bits per heavy atom. The smallest absolute Gasteiger partial charge is 0.334 e. The first-order chi connectivity index (χ1) is 8.47. The molecule has 0 bridgehead atoms. The highest BCUT2D eigenvalue weighted by molar-refractivity contribution is 7.94. The van der Waals surface area contributed by atoms with Crippen LogP contribution in [-0.4, -0.2) is 27.5 Å². The lowest BCUT2D eigenvalue weighted by Gasteiger charge is -2.03. The summed E-state index contributed by atoms with van der Waals surface area (Å²) in [6, 6.07) is 7.87. The topological polar surface area (TPSA) is 86.5 Å². The summed E-state index contributed by atoms with van der Waals surface area (Å²) in [5, 5.41) is 0.904. The maximum Gasteiger partial charge on any atom is 0.334 e. The Bertz CT molecular complexity index is 534. The molecule has 98 valence electrons. The summed E-state index contributed by atoms with van der Waals surface area (Å²) in [7, 11) is -3.62. The van der Waals surface area contributed by atoms with Gasteiger partial charge in [-0.2, -0.15) is 0 Å². The zero-order chi connectivity index (χ0) is 13.6. The van der Waals surface area contributed by atoms with E-state index in [9.17, 15) is 13.2 Å². The number of esters is 1. The molecule has 2 N–H and O–H groups in total. The Morgan fingerprint density at radius 3 is 2.50 bits per heavy atom. The zero-order valence-electron chi connectivity index (χ0n) is 10.00. The molecule has 0 atom stereocenters. The third kappa shape index (κ3) is 3.97. The van der Waals surface area contributed by atoms with Gasteiger partial charge in [0.15, 0.2) is 9.84 Å². The lowest BCUT2D eigenvalue weighted by atomic mass is 10.4. The fourth-order valence-corrected chi connectivity index (χ4v) is 2.46.